The smallest absolute Gasteiger partial charge is 0.293 e. The lowest BCUT2D eigenvalue weighted by molar-refractivity contribution is -0.208. The summed E-state index contributed by atoms with van der Waals surface area (Å²) in [5.74, 6) is 4.72. The minimum atomic E-state index is -1.64. The highest BCUT2D eigenvalue weighted by Gasteiger charge is 2.42. The number of hydrogen-bond donors (Lipinski definition) is 2. The lowest BCUT2D eigenvalue weighted by atomic mass is 9.98. The maximum Gasteiger partial charge on any atom is 0.293 e. The summed E-state index contributed by atoms with van der Waals surface area (Å²) in [6.07, 6.45) is 2.29. The van der Waals surface area contributed by atoms with Crippen molar-refractivity contribution in [1.82, 2.24) is 20.3 Å². The second kappa shape index (κ2) is 8.20. The van der Waals surface area contributed by atoms with Gasteiger partial charge in [-0.15, -0.1) is 0 Å². The molecule has 2 saturated heterocycles. The fourth-order valence-corrected chi connectivity index (χ4v) is 3.22. The van der Waals surface area contributed by atoms with Crippen molar-refractivity contribution in [3.05, 3.63) is 59.7 Å². The molecule has 0 radical (unpaired) electrons. The van der Waals surface area contributed by atoms with E-state index < -0.39 is 11.5 Å². The number of carbonyl (C=O) groups excluding carboxylic acids is 2. The van der Waals surface area contributed by atoms with Gasteiger partial charge < -0.3 is 14.7 Å². The first-order valence-electron chi connectivity index (χ1n) is 9.41. The highest BCUT2D eigenvalue weighted by atomic mass is 16.7. The van der Waals surface area contributed by atoms with Crippen LogP contribution in [-0.2, 0) is 14.4 Å². The van der Waals surface area contributed by atoms with Gasteiger partial charge in [0.2, 0.25) is 5.60 Å². The predicted octanol–water partition coefficient (Wildman–Crippen LogP) is 0.223. The minimum Gasteiger partial charge on any atom is -0.369 e. The van der Waals surface area contributed by atoms with Crippen molar-refractivity contribution in [2.75, 3.05) is 20.2 Å². The summed E-state index contributed by atoms with van der Waals surface area (Å²) in [6.45, 7) is 0.797. The molecule has 0 bridgehead atoms. The van der Waals surface area contributed by atoms with Crippen LogP contribution in [-0.4, -0.2) is 63.7 Å². The van der Waals surface area contributed by atoms with Crippen molar-refractivity contribution in [1.29, 1.82) is 0 Å². The van der Waals surface area contributed by atoms with Gasteiger partial charge in [-0.25, -0.2) is 15.4 Å². The van der Waals surface area contributed by atoms with Crippen molar-refractivity contribution in [3.63, 3.8) is 0 Å². The molecular weight excluding hydrogens is 388 g/mol. The summed E-state index contributed by atoms with van der Waals surface area (Å²) >= 11 is 0. The largest absolute Gasteiger partial charge is 0.369 e. The van der Waals surface area contributed by atoms with Crippen molar-refractivity contribution >= 4 is 11.8 Å². The number of likely N-dealkylation sites (tertiary alicyclic amines) is 1. The topological polar surface area (TPSA) is 114 Å². The van der Waals surface area contributed by atoms with Crippen LogP contribution in [0.25, 0.3) is 0 Å². The van der Waals surface area contributed by atoms with E-state index in [2.05, 4.69) is 27.3 Å². The van der Waals surface area contributed by atoms with Crippen molar-refractivity contribution < 1.29 is 24.3 Å². The van der Waals surface area contributed by atoms with E-state index in [1.165, 1.54) is 23.5 Å². The van der Waals surface area contributed by atoms with Crippen LogP contribution in [0.3, 0.4) is 0 Å². The molecule has 2 aliphatic heterocycles. The van der Waals surface area contributed by atoms with Crippen LogP contribution in [0.4, 0.5) is 0 Å². The van der Waals surface area contributed by atoms with Crippen molar-refractivity contribution in [3.8, 4) is 11.8 Å². The molecule has 2 aromatic rings. The van der Waals surface area contributed by atoms with E-state index in [0.717, 1.165) is 5.56 Å². The van der Waals surface area contributed by atoms with Crippen LogP contribution >= 0.6 is 0 Å². The van der Waals surface area contributed by atoms with E-state index >= 15 is 0 Å². The van der Waals surface area contributed by atoms with Gasteiger partial charge in [0.15, 0.2) is 0 Å². The number of nitrogens with zero attached hydrogens (tertiary/aromatic N) is 3. The fourth-order valence-electron chi connectivity index (χ4n) is 3.22. The normalized spacial score (nSPS) is 25.3. The Morgan fingerprint density at radius 3 is 2.97 bits per heavy atom. The maximum absolute atomic E-state index is 12.0. The third-order valence-electron chi connectivity index (χ3n) is 5.03. The first-order valence-corrected chi connectivity index (χ1v) is 9.41. The van der Waals surface area contributed by atoms with E-state index in [9.17, 15) is 14.7 Å². The standard InChI is InChI=1S/C21H20N4O5/c1-25-10-8-21(28,20(25)27)7-5-14-3-2-4-15(11-14)18-17(12-29-18)30-24-19(26)16-6-9-22-13-23-16/h2-4,6,9,11,13,17-18,28H,8,10,12H2,1H3,(H,24,26)/t17?,18?,21-/m0/s1. The summed E-state index contributed by atoms with van der Waals surface area (Å²) in [7, 11) is 1.64. The molecule has 2 amide bonds. The second-order valence-corrected chi connectivity index (χ2v) is 7.15. The summed E-state index contributed by atoms with van der Waals surface area (Å²) in [6, 6.07) is 8.75. The van der Waals surface area contributed by atoms with Crippen molar-refractivity contribution in [2.24, 2.45) is 0 Å². The zero-order valence-corrected chi connectivity index (χ0v) is 16.2. The van der Waals surface area contributed by atoms with Crippen LogP contribution in [0.2, 0.25) is 0 Å². The Morgan fingerprint density at radius 1 is 1.43 bits per heavy atom. The van der Waals surface area contributed by atoms with E-state index in [4.69, 9.17) is 9.57 Å². The molecular formula is C21H20N4O5. The Morgan fingerprint density at radius 2 is 2.30 bits per heavy atom. The minimum absolute atomic E-state index is 0.198. The van der Waals surface area contributed by atoms with Gasteiger partial charge in [0.25, 0.3) is 11.8 Å². The van der Waals surface area contributed by atoms with E-state index in [1.807, 2.05) is 18.2 Å². The average molecular weight is 408 g/mol. The molecule has 0 saturated carbocycles. The molecule has 1 aromatic carbocycles. The highest BCUT2D eigenvalue weighted by molar-refractivity contribution is 5.91. The Balaban J connectivity index is 1.40. The zero-order valence-electron chi connectivity index (χ0n) is 16.2. The average Bonchev–Trinajstić information content (AvgIpc) is 3.00. The molecule has 2 unspecified atom stereocenters. The molecule has 1 aromatic heterocycles. The molecule has 2 fully saturated rings. The number of likely N-dealkylation sites (N-methyl/N-ethyl adjacent to an activating group) is 1. The number of hydrogen-bond acceptors (Lipinski definition) is 7. The zero-order chi connectivity index (χ0) is 21.1. The van der Waals surface area contributed by atoms with Gasteiger partial charge >= 0.3 is 0 Å². The van der Waals surface area contributed by atoms with Crippen LogP contribution in [0.5, 0.6) is 0 Å². The Bertz CT molecular complexity index is 1020. The van der Waals surface area contributed by atoms with Crippen LogP contribution in [0.15, 0.2) is 42.9 Å². The van der Waals surface area contributed by atoms with Crippen LogP contribution < -0.4 is 5.48 Å². The first kappa shape index (κ1) is 20.0. The number of amides is 2. The van der Waals surface area contributed by atoms with Gasteiger partial charge in [0, 0.05) is 31.8 Å². The number of nitrogens with one attached hydrogen (secondary N) is 1. The number of hydroxylamine groups is 1. The molecule has 2 aliphatic rings. The summed E-state index contributed by atoms with van der Waals surface area (Å²) in [5.41, 5.74) is 2.39. The lowest BCUT2D eigenvalue weighted by Gasteiger charge is -2.36. The van der Waals surface area contributed by atoms with Crippen molar-refractivity contribution in [2.45, 2.75) is 24.2 Å². The van der Waals surface area contributed by atoms with Crippen LogP contribution in [0, 0.1) is 11.8 Å². The predicted molar refractivity (Wildman–Crippen MR) is 104 cm³/mol. The van der Waals surface area contributed by atoms with E-state index in [1.54, 1.807) is 13.1 Å². The third-order valence-corrected chi connectivity index (χ3v) is 5.03. The fraction of sp³-hybridized carbons (Fsp3) is 0.333. The van der Waals surface area contributed by atoms with Gasteiger partial charge in [-0.2, -0.15) is 0 Å². The number of carbonyl (C=O) groups is 2. The van der Waals surface area contributed by atoms with Gasteiger partial charge in [0.1, 0.15) is 24.2 Å². The van der Waals surface area contributed by atoms with Gasteiger partial charge in [-0.1, -0.05) is 24.0 Å². The number of aliphatic hydroxyl groups is 1. The molecule has 0 spiro atoms. The number of ether oxygens (including phenoxy) is 1. The van der Waals surface area contributed by atoms with Gasteiger partial charge in [-0.05, 0) is 23.8 Å². The SMILES string of the molecule is CN1CC[C@@](O)(C#Cc2cccc(C3OCC3ONC(=O)c3ccncn3)c2)C1=O. The quantitative estimate of drug-likeness (QED) is 0.550. The molecule has 3 heterocycles. The monoisotopic (exact) mass is 408 g/mol. The summed E-state index contributed by atoms with van der Waals surface area (Å²) in [4.78, 5) is 38.6. The second-order valence-electron chi connectivity index (χ2n) is 7.15. The number of aromatic nitrogens is 2. The Labute approximate surface area is 173 Å². The van der Waals surface area contributed by atoms with Gasteiger partial charge in [0.05, 0.1) is 6.61 Å². The third kappa shape index (κ3) is 4.02. The Kier molecular flexibility index (Phi) is 5.46. The first-order chi connectivity index (χ1) is 14.5. The molecule has 9 nitrogen and oxygen atoms in total. The number of benzene rings is 1. The number of rotatable bonds is 4. The molecule has 154 valence electrons. The summed E-state index contributed by atoms with van der Waals surface area (Å²) < 4.78 is 5.59. The molecule has 2 N–H and O–H groups in total. The van der Waals surface area contributed by atoms with Crippen LogP contribution in [0.1, 0.15) is 34.1 Å². The Hall–Kier alpha value is -3.32. The summed E-state index contributed by atoms with van der Waals surface area (Å²) in [5, 5.41) is 10.4. The molecule has 30 heavy (non-hydrogen) atoms. The maximum atomic E-state index is 12.0. The lowest BCUT2D eigenvalue weighted by Crippen LogP contribution is -2.44. The molecule has 0 aliphatic carbocycles. The molecule has 3 atom stereocenters. The molecule has 4 rings (SSSR count). The van der Waals surface area contributed by atoms with E-state index in [-0.39, 0.29) is 30.2 Å². The van der Waals surface area contributed by atoms with Gasteiger partial charge in [-0.3, -0.25) is 14.4 Å². The molecule has 9 heteroatoms. The van der Waals surface area contributed by atoms with E-state index in [0.29, 0.717) is 18.7 Å². The highest BCUT2D eigenvalue weighted by Crippen LogP contribution is 2.32.